The lowest BCUT2D eigenvalue weighted by Crippen LogP contribution is -2.45. The Morgan fingerprint density at radius 2 is 1.66 bits per heavy atom. The van der Waals surface area contributed by atoms with E-state index in [0.717, 1.165) is 16.7 Å². The number of para-hydroxylation sites is 1. The molecule has 0 saturated carbocycles. The van der Waals surface area contributed by atoms with Crippen LogP contribution in [0.25, 0.3) is 0 Å². The summed E-state index contributed by atoms with van der Waals surface area (Å²) in [6.07, 6.45) is 0.365. The highest BCUT2D eigenvalue weighted by molar-refractivity contribution is 7.93. The van der Waals surface area contributed by atoms with Gasteiger partial charge in [0.1, 0.15) is 0 Å². The molecule has 3 rings (SSSR count). The number of nitrogens with zero attached hydrogens (tertiary/aromatic N) is 1. The van der Waals surface area contributed by atoms with E-state index in [1.54, 1.807) is 18.2 Å². The van der Waals surface area contributed by atoms with Crippen molar-refractivity contribution in [2.75, 3.05) is 4.31 Å². The van der Waals surface area contributed by atoms with Gasteiger partial charge in [-0.2, -0.15) is 0 Å². The van der Waals surface area contributed by atoms with Crippen LogP contribution < -0.4 is 10.0 Å². The highest BCUT2D eigenvalue weighted by Gasteiger charge is 2.40. The van der Waals surface area contributed by atoms with Crippen LogP contribution in [0.4, 0.5) is 5.69 Å². The molecule has 0 aliphatic carbocycles. The predicted octanol–water partition coefficient (Wildman–Crippen LogP) is 4.16. The van der Waals surface area contributed by atoms with Crippen LogP contribution in [0, 0.1) is 13.8 Å². The first kappa shape index (κ1) is 21.4. The third kappa shape index (κ3) is 3.66. The number of hydrogen-bond acceptors (Lipinski definition) is 3. The number of nitrogens with two attached hydrogens (primary N) is 1. The fourth-order valence-corrected chi connectivity index (χ4v) is 6.42. The van der Waals surface area contributed by atoms with Crippen LogP contribution in [0.2, 0.25) is 0 Å². The summed E-state index contributed by atoms with van der Waals surface area (Å²) in [7, 11) is -3.82. The number of rotatable bonds is 3. The fourth-order valence-electron chi connectivity index (χ4n) is 4.31. The minimum atomic E-state index is -3.82. The second-order valence-corrected chi connectivity index (χ2v) is 10.8. The van der Waals surface area contributed by atoms with Crippen molar-refractivity contribution in [3.8, 4) is 0 Å². The minimum absolute atomic E-state index is 0.0719. The maximum absolute atomic E-state index is 13.8. The summed E-state index contributed by atoms with van der Waals surface area (Å²) >= 11 is 0. The highest BCUT2D eigenvalue weighted by atomic mass is 32.2. The first-order chi connectivity index (χ1) is 13.4. The smallest absolute Gasteiger partial charge is 0.265 e. The molecule has 1 amide bonds. The molecule has 29 heavy (non-hydrogen) atoms. The van der Waals surface area contributed by atoms with Crippen LogP contribution in [0.3, 0.4) is 0 Å². The van der Waals surface area contributed by atoms with E-state index in [1.807, 2.05) is 39.0 Å². The van der Waals surface area contributed by atoms with Crippen LogP contribution in [0.5, 0.6) is 0 Å². The van der Waals surface area contributed by atoms with Gasteiger partial charge in [0.2, 0.25) is 5.91 Å². The van der Waals surface area contributed by atoms with E-state index in [2.05, 4.69) is 20.8 Å². The predicted molar refractivity (Wildman–Crippen MR) is 117 cm³/mol. The summed E-state index contributed by atoms with van der Waals surface area (Å²) in [5.41, 5.74) is 9.31. The first-order valence-corrected chi connectivity index (χ1v) is 11.3. The Bertz CT molecular complexity index is 1040. The quantitative estimate of drug-likeness (QED) is 0.819. The van der Waals surface area contributed by atoms with E-state index in [0.29, 0.717) is 22.6 Å². The van der Waals surface area contributed by atoms with Crippen molar-refractivity contribution >= 4 is 21.6 Å². The zero-order valence-corrected chi connectivity index (χ0v) is 18.8. The van der Waals surface area contributed by atoms with Crippen molar-refractivity contribution in [2.24, 2.45) is 5.73 Å². The number of carbonyl (C=O) groups is 1. The normalized spacial score (nSPS) is 19.7. The van der Waals surface area contributed by atoms with Gasteiger partial charge in [-0.05, 0) is 60.9 Å². The molecule has 6 heteroatoms. The minimum Gasteiger partial charge on any atom is -0.369 e. The van der Waals surface area contributed by atoms with Gasteiger partial charge in [0.05, 0.1) is 16.5 Å². The summed E-state index contributed by atoms with van der Waals surface area (Å²) in [4.78, 5) is 12.3. The standard InChI is InChI=1S/C23H30N2O3S/c1-14-11-17(23(4,5)6)12-15(2)21(14)29(27,28)25-16(3)13-19(22(24)26)18-9-7-8-10-20(18)25/h7-12,16,19H,13H2,1-6H3,(H2,24,26)/t16-,19+/m0/s1. The molecule has 0 radical (unpaired) electrons. The van der Waals surface area contributed by atoms with Crippen molar-refractivity contribution in [3.63, 3.8) is 0 Å². The molecule has 0 unspecified atom stereocenters. The van der Waals surface area contributed by atoms with Crippen molar-refractivity contribution in [1.29, 1.82) is 0 Å². The van der Waals surface area contributed by atoms with Crippen LogP contribution in [0.1, 0.15) is 62.3 Å². The fraction of sp³-hybridized carbons (Fsp3) is 0.435. The van der Waals surface area contributed by atoms with E-state index in [4.69, 9.17) is 5.73 Å². The Morgan fingerprint density at radius 1 is 1.10 bits per heavy atom. The molecule has 1 aliphatic heterocycles. The van der Waals surface area contributed by atoms with Gasteiger partial charge < -0.3 is 5.73 Å². The molecule has 156 valence electrons. The van der Waals surface area contributed by atoms with Gasteiger partial charge in [-0.25, -0.2) is 8.42 Å². The molecule has 2 N–H and O–H groups in total. The number of carbonyl (C=O) groups excluding carboxylic acids is 1. The summed E-state index contributed by atoms with van der Waals surface area (Å²) in [5.74, 6) is -0.915. The highest BCUT2D eigenvalue weighted by Crippen LogP contribution is 2.42. The van der Waals surface area contributed by atoms with Gasteiger partial charge in [0.15, 0.2) is 0 Å². The number of sulfonamides is 1. The molecule has 2 atom stereocenters. The molecule has 0 saturated heterocycles. The molecular formula is C23H30N2O3S. The molecule has 0 fully saturated rings. The number of primary amides is 1. The van der Waals surface area contributed by atoms with Gasteiger partial charge in [-0.3, -0.25) is 9.10 Å². The second kappa shape index (κ2) is 7.17. The number of benzene rings is 2. The van der Waals surface area contributed by atoms with E-state index in [9.17, 15) is 13.2 Å². The van der Waals surface area contributed by atoms with Gasteiger partial charge in [-0.15, -0.1) is 0 Å². The summed E-state index contributed by atoms with van der Waals surface area (Å²) in [5, 5.41) is 0. The van der Waals surface area contributed by atoms with E-state index < -0.39 is 21.8 Å². The monoisotopic (exact) mass is 414 g/mol. The number of amides is 1. The van der Waals surface area contributed by atoms with E-state index in [1.165, 1.54) is 4.31 Å². The van der Waals surface area contributed by atoms with Crippen LogP contribution in [-0.4, -0.2) is 20.4 Å². The Balaban J connectivity index is 2.20. The molecule has 0 spiro atoms. The largest absolute Gasteiger partial charge is 0.369 e. The number of anilines is 1. The van der Waals surface area contributed by atoms with Crippen LogP contribution >= 0.6 is 0 Å². The third-order valence-corrected chi connectivity index (χ3v) is 7.95. The number of aryl methyl sites for hydroxylation is 2. The molecule has 0 bridgehead atoms. The summed E-state index contributed by atoms with van der Waals surface area (Å²) < 4.78 is 29.2. The molecule has 2 aromatic carbocycles. The van der Waals surface area contributed by atoms with Crippen molar-refractivity contribution in [1.82, 2.24) is 0 Å². The Morgan fingerprint density at radius 3 is 2.17 bits per heavy atom. The van der Waals surface area contributed by atoms with Gasteiger partial charge in [0, 0.05) is 6.04 Å². The summed E-state index contributed by atoms with van der Waals surface area (Å²) in [6.45, 7) is 11.9. The van der Waals surface area contributed by atoms with Crippen LogP contribution in [0.15, 0.2) is 41.3 Å². The van der Waals surface area contributed by atoms with Crippen molar-refractivity contribution in [2.45, 2.75) is 70.2 Å². The molecule has 0 aromatic heterocycles. The average molecular weight is 415 g/mol. The molecule has 2 aromatic rings. The SMILES string of the molecule is Cc1cc(C(C)(C)C)cc(C)c1S(=O)(=O)N1c2ccccc2[C@H](C(N)=O)C[C@@H]1C. The third-order valence-electron chi connectivity index (χ3n) is 5.71. The topological polar surface area (TPSA) is 80.5 Å². The van der Waals surface area contributed by atoms with E-state index >= 15 is 0 Å². The van der Waals surface area contributed by atoms with Gasteiger partial charge >= 0.3 is 0 Å². The van der Waals surface area contributed by atoms with E-state index in [-0.39, 0.29) is 11.5 Å². The zero-order valence-electron chi connectivity index (χ0n) is 18.0. The number of fused-ring (bicyclic) bond motifs is 1. The van der Waals surface area contributed by atoms with Crippen molar-refractivity contribution < 1.29 is 13.2 Å². The van der Waals surface area contributed by atoms with Crippen molar-refractivity contribution in [3.05, 3.63) is 58.7 Å². The second-order valence-electron chi connectivity index (χ2n) is 9.09. The Labute approximate surface area is 174 Å². The number of hydrogen-bond donors (Lipinski definition) is 1. The van der Waals surface area contributed by atoms with Gasteiger partial charge in [0.25, 0.3) is 10.0 Å². The van der Waals surface area contributed by atoms with Gasteiger partial charge in [-0.1, -0.05) is 51.1 Å². The first-order valence-electron chi connectivity index (χ1n) is 9.90. The molecule has 5 nitrogen and oxygen atoms in total. The average Bonchev–Trinajstić information content (AvgIpc) is 2.58. The lowest BCUT2D eigenvalue weighted by molar-refractivity contribution is -0.119. The Hall–Kier alpha value is -2.34. The lowest BCUT2D eigenvalue weighted by Gasteiger charge is -2.39. The molecule has 1 heterocycles. The maximum Gasteiger partial charge on any atom is 0.265 e. The zero-order chi connectivity index (χ0) is 21.7. The Kier molecular flexibility index (Phi) is 5.28. The maximum atomic E-state index is 13.8. The molecular weight excluding hydrogens is 384 g/mol. The molecule has 1 aliphatic rings. The lowest BCUT2D eigenvalue weighted by atomic mass is 9.85. The van der Waals surface area contributed by atoms with Crippen LogP contribution in [-0.2, 0) is 20.2 Å². The summed E-state index contributed by atoms with van der Waals surface area (Å²) in [6, 6.07) is 10.7.